The van der Waals surface area contributed by atoms with Crippen molar-refractivity contribution in [3.63, 3.8) is 0 Å². The molecule has 14 heavy (non-hydrogen) atoms. The second kappa shape index (κ2) is 4.36. The molecular formula is C12H15FO. The first-order valence-electron chi connectivity index (χ1n) is 4.85. The molecule has 2 heteroatoms. The van der Waals surface area contributed by atoms with E-state index in [1.807, 2.05) is 19.9 Å². The summed E-state index contributed by atoms with van der Waals surface area (Å²) >= 11 is 0. The molecule has 1 atom stereocenters. The molecule has 1 nitrogen and oxygen atoms in total. The summed E-state index contributed by atoms with van der Waals surface area (Å²) in [5, 5.41) is 0. The minimum Gasteiger partial charge on any atom is -0.299 e. The lowest BCUT2D eigenvalue weighted by Crippen LogP contribution is -2.07. The topological polar surface area (TPSA) is 17.1 Å². The van der Waals surface area contributed by atoms with Crippen LogP contribution in [0.25, 0.3) is 0 Å². The summed E-state index contributed by atoms with van der Waals surface area (Å²) in [6, 6.07) is 4.98. The van der Waals surface area contributed by atoms with Crippen LogP contribution in [-0.4, -0.2) is 5.78 Å². The number of hydrogen-bond acceptors (Lipinski definition) is 1. The Kier molecular flexibility index (Phi) is 3.39. The van der Waals surface area contributed by atoms with Crippen LogP contribution in [0.3, 0.4) is 0 Å². The van der Waals surface area contributed by atoms with Gasteiger partial charge in [-0.3, -0.25) is 4.79 Å². The Labute approximate surface area is 83.9 Å². The molecular weight excluding hydrogens is 179 g/mol. The number of Topliss-reactive ketones (excluding diaryl/α,β-unsaturated/α-hetero) is 1. The standard InChI is InChI=1S/C12H15FO/c1-4-12(14)9(3)10-6-5-8(2)11(13)7-10/h5-7,9H,4H2,1-3H3. The van der Waals surface area contributed by atoms with Crippen molar-refractivity contribution in [3.05, 3.63) is 35.1 Å². The summed E-state index contributed by atoms with van der Waals surface area (Å²) in [5.41, 5.74) is 1.38. The van der Waals surface area contributed by atoms with E-state index < -0.39 is 0 Å². The molecule has 76 valence electrons. The van der Waals surface area contributed by atoms with Gasteiger partial charge in [-0.1, -0.05) is 26.0 Å². The first-order valence-corrected chi connectivity index (χ1v) is 4.85. The van der Waals surface area contributed by atoms with Crippen molar-refractivity contribution in [2.24, 2.45) is 0 Å². The van der Waals surface area contributed by atoms with Gasteiger partial charge in [0.15, 0.2) is 0 Å². The molecule has 0 heterocycles. The number of ketones is 1. The molecule has 0 aliphatic heterocycles. The molecule has 1 rings (SSSR count). The zero-order valence-corrected chi connectivity index (χ0v) is 8.80. The highest BCUT2D eigenvalue weighted by Crippen LogP contribution is 2.20. The van der Waals surface area contributed by atoms with Crippen molar-refractivity contribution in [3.8, 4) is 0 Å². The van der Waals surface area contributed by atoms with Crippen molar-refractivity contribution in [1.29, 1.82) is 0 Å². The number of halogens is 1. The molecule has 0 fully saturated rings. The van der Waals surface area contributed by atoms with E-state index in [0.29, 0.717) is 12.0 Å². The molecule has 1 aromatic carbocycles. The predicted molar refractivity (Wildman–Crippen MR) is 54.9 cm³/mol. The van der Waals surface area contributed by atoms with Crippen LogP contribution in [0, 0.1) is 12.7 Å². The minimum atomic E-state index is -0.238. The summed E-state index contributed by atoms with van der Waals surface area (Å²) < 4.78 is 13.2. The molecule has 0 spiro atoms. The molecule has 0 bridgehead atoms. The first kappa shape index (κ1) is 10.9. The third kappa shape index (κ3) is 2.19. The Hall–Kier alpha value is -1.18. The van der Waals surface area contributed by atoms with E-state index >= 15 is 0 Å². The highest BCUT2D eigenvalue weighted by atomic mass is 19.1. The number of carbonyl (C=O) groups is 1. The van der Waals surface area contributed by atoms with Gasteiger partial charge in [0.1, 0.15) is 11.6 Å². The first-order chi connectivity index (χ1) is 6.56. The monoisotopic (exact) mass is 194 g/mol. The van der Waals surface area contributed by atoms with Gasteiger partial charge < -0.3 is 0 Å². The molecule has 0 saturated carbocycles. The SMILES string of the molecule is CCC(=O)C(C)c1ccc(C)c(F)c1. The Morgan fingerprint density at radius 2 is 2.14 bits per heavy atom. The van der Waals surface area contributed by atoms with Crippen LogP contribution in [0.2, 0.25) is 0 Å². The van der Waals surface area contributed by atoms with Gasteiger partial charge in [0, 0.05) is 12.3 Å². The molecule has 0 aromatic heterocycles. The van der Waals surface area contributed by atoms with E-state index in [-0.39, 0.29) is 17.5 Å². The van der Waals surface area contributed by atoms with E-state index in [4.69, 9.17) is 0 Å². The lowest BCUT2D eigenvalue weighted by Gasteiger charge is -2.10. The Balaban J connectivity index is 2.96. The molecule has 0 saturated heterocycles. The highest BCUT2D eigenvalue weighted by Gasteiger charge is 2.13. The molecule has 1 aromatic rings. The smallest absolute Gasteiger partial charge is 0.139 e. The van der Waals surface area contributed by atoms with E-state index in [1.165, 1.54) is 6.07 Å². The van der Waals surface area contributed by atoms with Crippen LogP contribution < -0.4 is 0 Å². The average Bonchev–Trinajstić information content (AvgIpc) is 2.20. The quantitative estimate of drug-likeness (QED) is 0.722. The highest BCUT2D eigenvalue weighted by molar-refractivity contribution is 5.85. The fourth-order valence-electron chi connectivity index (χ4n) is 1.37. The van der Waals surface area contributed by atoms with Gasteiger partial charge in [0.2, 0.25) is 0 Å². The van der Waals surface area contributed by atoms with Gasteiger partial charge in [-0.15, -0.1) is 0 Å². The largest absolute Gasteiger partial charge is 0.299 e. The number of carbonyl (C=O) groups excluding carboxylic acids is 1. The average molecular weight is 194 g/mol. The lowest BCUT2D eigenvalue weighted by molar-refractivity contribution is -0.119. The van der Waals surface area contributed by atoms with Crippen molar-refractivity contribution in [1.82, 2.24) is 0 Å². The molecule has 0 amide bonds. The maximum absolute atomic E-state index is 13.2. The summed E-state index contributed by atoms with van der Waals surface area (Å²) in [6.07, 6.45) is 0.497. The van der Waals surface area contributed by atoms with E-state index in [1.54, 1.807) is 13.0 Å². The maximum atomic E-state index is 13.2. The van der Waals surface area contributed by atoms with Crippen molar-refractivity contribution < 1.29 is 9.18 Å². The fourth-order valence-corrected chi connectivity index (χ4v) is 1.37. The molecule has 0 radical (unpaired) electrons. The van der Waals surface area contributed by atoms with Gasteiger partial charge in [-0.25, -0.2) is 4.39 Å². The van der Waals surface area contributed by atoms with Crippen molar-refractivity contribution in [2.75, 3.05) is 0 Å². The summed E-state index contributed by atoms with van der Waals surface area (Å²) in [4.78, 5) is 11.4. The summed E-state index contributed by atoms with van der Waals surface area (Å²) in [6.45, 7) is 5.35. The van der Waals surface area contributed by atoms with Crippen molar-refractivity contribution in [2.45, 2.75) is 33.1 Å². The van der Waals surface area contributed by atoms with Gasteiger partial charge in [-0.05, 0) is 24.1 Å². The number of aryl methyl sites for hydroxylation is 1. The third-order valence-electron chi connectivity index (χ3n) is 2.53. The van der Waals surface area contributed by atoms with E-state index in [2.05, 4.69) is 0 Å². The van der Waals surface area contributed by atoms with Gasteiger partial charge in [-0.2, -0.15) is 0 Å². The normalized spacial score (nSPS) is 12.6. The van der Waals surface area contributed by atoms with Crippen LogP contribution in [0.15, 0.2) is 18.2 Å². The van der Waals surface area contributed by atoms with Crippen LogP contribution >= 0.6 is 0 Å². The van der Waals surface area contributed by atoms with Crippen LogP contribution in [0.5, 0.6) is 0 Å². The molecule has 0 aliphatic carbocycles. The van der Waals surface area contributed by atoms with Gasteiger partial charge in [0.05, 0.1) is 0 Å². The van der Waals surface area contributed by atoms with Crippen molar-refractivity contribution >= 4 is 5.78 Å². The number of rotatable bonds is 3. The Morgan fingerprint density at radius 3 is 2.64 bits per heavy atom. The van der Waals surface area contributed by atoms with Crippen LogP contribution in [0.4, 0.5) is 4.39 Å². The van der Waals surface area contributed by atoms with Gasteiger partial charge >= 0.3 is 0 Å². The van der Waals surface area contributed by atoms with Crippen LogP contribution in [-0.2, 0) is 4.79 Å². The third-order valence-corrected chi connectivity index (χ3v) is 2.53. The van der Waals surface area contributed by atoms with Gasteiger partial charge in [0.25, 0.3) is 0 Å². The Morgan fingerprint density at radius 1 is 1.50 bits per heavy atom. The second-order valence-electron chi connectivity index (χ2n) is 3.55. The second-order valence-corrected chi connectivity index (χ2v) is 3.55. The van der Waals surface area contributed by atoms with E-state index in [9.17, 15) is 9.18 Å². The summed E-state index contributed by atoms with van der Waals surface area (Å²) in [5.74, 6) is -0.290. The Bertz CT molecular complexity index is 344. The summed E-state index contributed by atoms with van der Waals surface area (Å²) in [7, 11) is 0. The van der Waals surface area contributed by atoms with Crippen LogP contribution in [0.1, 0.15) is 37.3 Å². The fraction of sp³-hybridized carbons (Fsp3) is 0.417. The predicted octanol–water partition coefficient (Wildman–Crippen LogP) is 3.22. The molecule has 0 aliphatic rings. The lowest BCUT2D eigenvalue weighted by atomic mass is 9.94. The van der Waals surface area contributed by atoms with E-state index in [0.717, 1.165) is 5.56 Å². The zero-order valence-electron chi connectivity index (χ0n) is 8.80. The molecule has 0 N–H and O–H groups in total. The maximum Gasteiger partial charge on any atom is 0.139 e. The number of hydrogen-bond donors (Lipinski definition) is 0. The zero-order chi connectivity index (χ0) is 10.7. The minimum absolute atomic E-state index is 0.147. The number of benzene rings is 1. The molecule has 1 unspecified atom stereocenters.